The van der Waals surface area contributed by atoms with E-state index in [1.54, 1.807) is 0 Å². The number of aliphatic carboxylic acids is 1. The highest BCUT2D eigenvalue weighted by Gasteiger charge is 2.38. The van der Waals surface area contributed by atoms with Crippen LogP contribution in [-0.4, -0.2) is 57.7 Å². The number of alkyl halides is 3. The summed E-state index contributed by atoms with van der Waals surface area (Å²) in [7, 11) is 0. The van der Waals surface area contributed by atoms with Gasteiger partial charge in [0.2, 0.25) is 0 Å². The molecular weight excluding hydrogens is 411 g/mol. The van der Waals surface area contributed by atoms with Gasteiger partial charge in [0.1, 0.15) is 11.9 Å². The van der Waals surface area contributed by atoms with E-state index in [1.807, 2.05) is 48.1 Å². The van der Waals surface area contributed by atoms with Gasteiger partial charge in [-0.25, -0.2) is 4.79 Å². The lowest BCUT2D eigenvalue weighted by Gasteiger charge is -2.32. The zero-order valence-electron chi connectivity index (χ0n) is 15.9. The number of benzene rings is 1. The molecule has 0 amide bonds. The molecule has 0 spiro atoms. The molecule has 1 aromatic heterocycles. The van der Waals surface area contributed by atoms with Crippen LogP contribution in [0.15, 0.2) is 36.5 Å². The van der Waals surface area contributed by atoms with Crippen LogP contribution in [0, 0.1) is 6.92 Å². The number of aromatic nitrogens is 2. The van der Waals surface area contributed by atoms with Crippen molar-refractivity contribution in [1.29, 1.82) is 0 Å². The van der Waals surface area contributed by atoms with E-state index in [-0.39, 0.29) is 0 Å². The number of hydrogen-bond donors (Lipinski definition) is 1. The highest BCUT2D eigenvalue weighted by Crippen LogP contribution is 2.21. The van der Waals surface area contributed by atoms with Crippen LogP contribution in [0.4, 0.5) is 13.2 Å². The predicted molar refractivity (Wildman–Crippen MR) is 102 cm³/mol. The molecule has 3 rings (SSSR count). The molecule has 0 unspecified atom stereocenters. The lowest BCUT2D eigenvalue weighted by atomic mass is 10.1. The number of aryl methyl sites for hydroxylation is 1. The number of nitrogens with zero attached hydrogens (tertiary/aromatic N) is 3. The van der Waals surface area contributed by atoms with E-state index < -0.39 is 12.1 Å². The third kappa shape index (κ3) is 8.33. The van der Waals surface area contributed by atoms with Gasteiger partial charge in [-0.1, -0.05) is 11.6 Å². The number of carbonyl (C=O) groups is 1. The van der Waals surface area contributed by atoms with Gasteiger partial charge in [0.25, 0.3) is 0 Å². The second-order valence-electron chi connectivity index (χ2n) is 6.64. The molecule has 1 N–H and O–H groups in total. The molecule has 6 nitrogen and oxygen atoms in total. The van der Waals surface area contributed by atoms with E-state index in [2.05, 4.69) is 10.00 Å². The molecule has 1 fully saturated rings. The van der Waals surface area contributed by atoms with Gasteiger partial charge < -0.3 is 14.7 Å². The Morgan fingerprint density at radius 2 is 1.79 bits per heavy atom. The SMILES string of the molecule is Cc1ccn(CCN2CCC(Oc3ccc(Cl)cc3)CC2)n1.O=C(O)C(F)(F)F. The van der Waals surface area contributed by atoms with Crippen LogP contribution in [0.5, 0.6) is 5.75 Å². The summed E-state index contributed by atoms with van der Waals surface area (Å²) in [6, 6.07) is 9.67. The topological polar surface area (TPSA) is 67.6 Å². The molecule has 10 heteroatoms. The van der Waals surface area contributed by atoms with Crippen molar-refractivity contribution in [2.45, 2.75) is 38.6 Å². The maximum atomic E-state index is 10.6. The van der Waals surface area contributed by atoms with Gasteiger partial charge in [-0.15, -0.1) is 0 Å². The second kappa shape index (κ2) is 10.5. The number of likely N-dealkylation sites (tertiary alicyclic amines) is 1. The van der Waals surface area contributed by atoms with Crippen LogP contribution < -0.4 is 4.74 Å². The molecule has 1 aliphatic rings. The van der Waals surface area contributed by atoms with Gasteiger partial charge in [-0.05, 0) is 50.1 Å². The minimum Gasteiger partial charge on any atom is -0.490 e. The fraction of sp³-hybridized carbons (Fsp3) is 0.474. The Hall–Kier alpha value is -2.26. The Morgan fingerprint density at radius 3 is 2.28 bits per heavy atom. The Morgan fingerprint density at radius 1 is 1.21 bits per heavy atom. The predicted octanol–water partition coefficient (Wildman–Crippen LogP) is 4.02. The van der Waals surface area contributed by atoms with E-state index in [9.17, 15) is 13.2 Å². The van der Waals surface area contributed by atoms with Crippen molar-refractivity contribution in [2.24, 2.45) is 0 Å². The fourth-order valence-corrected chi connectivity index (χ4v) is 2.91. The Labute approximate surface area is 171 Å². The largest absolute Gasteiger partial charge is 0.490 e. The third-order valence-corrected chi connectivity index (χ3v) is 4.56. The van der Waals surface area contributed by atoms with E-state index in [0.717, 1.165) is 55.5 Å². The Balaban J connectivity index is 0.000000370. The summed E-state index contributed by atoms with van der Waals surface area (Å²) in [6.45, 7) is 6.19. The summed E-state index contributed by atoms with van der Waals surface area (Å²) >= 11 is 5.89. The van der Waals surface area contributed by atoms with Crippen molar-refractivity contribution in [2.75, 3.05) is 19.6 Å². The molecule has 1 aliphatic heterocycles. The van der Waals surface area contributed by atoms with Crippen LogP contribution in [0.25, 0.3) is 0 Å². The van der Waals surface area contributed by atoms with Crippen molar-refractivity contribution in [3.05, 3.63) is 47.2 Å². The number of ether oxygens (including phenoxy) is 1. The van der Waals surface area contributed by atoms with Gasteiger partial charge in [-0.3, -0.25) is 4.68 Å². The number of rotatable bonds is 5. The zero-order chi connectivity index (χ0) is 21.4. The summed E-state index contributed by atoms with van der Waals surface area (Å²) in [6.07, 6.45) is -0.586. The Kier molecular flexibility index (Phi) is 8.33. The lowest BCUT2D eigenvalue weighted by molar-refractivity contribution is -0.192. The average Bonchev–Trinajstić information content (AvgIpc) is 3.08. The van der Waals surface area contributed by atoms with Crippen LogP contribution in [0.1, 0.15) is 18.5 Å². The molecule has 2 heterocycles. The van der Waals surface area contributed by atoms with Crippen molar-refractivity contribution >= 4 is 17.6 Å². The molecule has 0 aliphatic carbocycles. The highest BCUT2D eigenvalue weighted by atomic mass is 35.5. The third-order valence-electron chi connectivity index (χ3n) is 4.31. The molecule has 2 aromatic rings. The average molecular weight is 434 g/mol. The summed E-state index contributed by atoms with van der Waals surface area (Å²) in [5, 5.41) is 12.3. The van der Waals surface area contributed by atoms with Crippen molar-refractivity contribution in [3.63, 3.8) is 0 Å². The first kappa shape index (κ1) is 23.0. The zero-order valence-corrected chi connectivity index (χ0v) is 16.7. The van der Waals surface area contributed by atoms with Crippen LogP contribution >= 0.6 is 11.6 Å². The normalized spacial score (nSPS) is 15.5. The maximum Gasteiger partial charge on any atom is 0.490 e. The minimum absolute atomic E-state index is 0.310. The molecule has 1 aromatic carbocycles. The van der Waals surface area contributed by atoms with Gasteiger partial charge in [0, 0.05) is 30.9 Å². The maximum absolute atomic E-state index is 10.6. The monoisotopic (exact) mass is 433 g/mol. The van der Waals surface area contributed by atoms with Crippen LogP contribution in [-0.2, 0) is 11.3 Å². The Bertz CT molecular complexity index is 773. The highest BCUT2D eigenvalue weighted by molar-refractivity contribution is 6.30. The molecule has 0 bridgehead atoms. The molecule has 0 atom stereocenters. The number of piperidine rings is 1. The molecular formula is C19H23ClF3N3O3. The fourth-order valence-electron chi connectivity index (χ4n) is 2.79. The van der Waals surface area contributed by atoms with Gasteiger partial charge in [-0.2, -0.15) is 18.3 Å². The quantitative estimate of drug-likeness (QED) is 0.771. The van der Waals surface area contributed by atoms with Crippen molar-refractivity contribution in [1.82, 2.24) is 14.7 Å². The first-order chi connectivity index (χ1) is 13.6. The summed E-state index contributed by atoms with van der Waals surface area (Å²) in [5.74, 6) is -1.85. The van der Waals surface area contributed by atoms with Crippen LogP contribution in [0.2, 0.25) is 5.02 Å². The molecule has 0 saturated carbocycles. The summed E-state index contributed by atoms with van der Waals surface area (Å²) in [5.41, 5.74) is 1.08. The van der Waals surface area contributed by atoms with E-state index in [1.165, 1.54) is 0 Å². The summed E-state index contributed by atoms with van der Waals surface area (Å²) in [4.78, 5) is 11.4. The minimum atomic E-state index is -5.08. The lowest BCUT2D eigenvalue weighted by Crippen LogP contribution is -2.39. The first-order valence-corrected chi connectivity index (χ1v) is 9.46. The van der Waals surface area contributed by atoms with Crippen LogP contribution in [0.3, 0.4) is 0 Å². The van der Waals surface area contributed by atoms with E-state index >= 15 is 0 Å². The van der Waals surface area contributed by atoms with Gasteiger partial charge in [0.05, 0.1) is 12.2 Å². The van der Waals surface area contributed by atoms with Crippen molar-refractivity contribution < 1.29 is 27.8 Å². The smallest absolute Gasteiger partial charge is 0.490 e. The standard InChI is InChI=1S/C17H22ClN3O.C2HF3O2/c1-14-6-11-21(19-14)13-12-20-9-7-17(8-10-20)22-16-4-2-15(18)3-5-16;3-2(4,5)1(6)7/h2-6,11,17H,7-10,12-13H2,1H3;(H,6,7). The number of carboxylic acid groups (broad SMARTS) is 1. The van der Waals surface area contributed by atoms with E-state index in [0.29, 0.717) is 6.10 Å². The van der Waals surface area contributed by atoms with Crippen molar-refractivity contribution in [3.8, 4) is 5.75 Å². The number of halogens is 4. The molecule has 0 radical (unpaired) electrons. The van der Waals surface area contributed by atoms with Gasteiger partial charge in [0.15, 0.2) is 0 Å². The van der Waals surface area contributed by atoms with Gasteiger partial charge >= 0.3 is 12.1 Å². The summed E-state index contributed by atoms with van der Waals surface area (Å²) < 4.78 is 39.8. The second-order valence-corrected chi connectivity index (χ2v) is 7.07. The molecule has 160 valence electrons. The number of carboxylic acids is 1. The van der Waals surface area contributed by atoms with E-state index in [4.69, 9.17) is 26.2 Å². The molecule has 1 saturated heterocycles. The molecule has 29 heavy (non-hydrogen) atoms. The number of hydrogen-bond acceptors (Lipinski definition) is 4. The first-order valence-electron chi connectivity index (χ1n) is 9.08.